The third kappa shape index (κ3) is 3.90. The van der Waals surface area contributed by atoms with Crippen molar-refractivity contribution in [3.05, 3.63) is 64.0 Å². The molecule has 0 unspecified atom stereocenters. The van der Waals surface area contributed by atoms with Gasteiger partial charge < -0.3 is 4.74 Å². The van der Waals surface area contributed by atoms with Gasteiger partial charge in [-0.2, -0.15) is 0 Å². The van der Waals surface area contributed by atoms with Crippen molar-refractivity contribution in [3.8, 4) is 10.6 Å². The van der Waals surface area contributed by atoms with E-state index in [1.54, 1.807) is 31.3 Å². The Hall–Kier alpha value is -3.10. The molecule has 0 radical (unpaired) electrons. The van der Waals surface area contributed by atoms with Gasteiger partial charge in [-0.15, -0.1) is 11.3 Å². The number of carbonyl (C=O) groups excluding carboxylic acids is 2. The maximum atomic E-state index is 13.1. The van der Waals surface area contributed by atoms with Gasteiger partial charge in [-0.3, -0.25) is 10.1 Å². The first-order valence-electron chi connectivity index (χ1n) is 8.96. The second-order valence-corrected chi connectivity index (χ2v) is 8.10. The van der Waals surface area contributed by atoms with Gasteiger partial charge in [-0.05, 0) is 37.4 Å². The number of para-hydroxylation sites is 1. The Labute approximate surface area is 175 Å². The molecule has 0 aliphatic carbocycles. The first kappa shape index (κ1) is 19.2. The summed E-state index contributed by atoms with van der Waals surface area (Å²) < 4.78 is 5.04. The molecule has 0 fully saturated rings. The molecule has 1 aromatic carbocycles. The van der Waals surface area contributed by atoms with E-state index in [4.69, 9.17) is 4.74 Å². The Morgan fingerprint density at radius 3 is 2.72 bits per heavy atom. The Kier molecular flexibility index (Phi) is 5.37. The standard InChI is InChI=1S/C21H17N3O3S2/c1-3-27-20(26)18-12(2)22-21(29-18)24-19(25)14-11-16(17-9-6-10-28-17)23-15-8-5-4-7-13(14)15/h4-11H,3H2,1-2H3,(H,22,24,25). The summed E-state index contributed by atoms with van der Waals surface area (Å²) in [6.45, 7) is 3.75. The quantitative estimate of drug-likeness (QED) is 0.449. The molecule has 3 heterocycles. The zero-order valence-corrected chi connectivity index (χ0v) is 17.4. The van der Waals surface area contributed by atoms with E-state index in [1.807, 2.05) is 41.8 Å². The van der Waals surface area contributed by atoms with E-state index in [0.717, 1.165) is 32.8 Å². The first-order chi connectivity index (χ1) is 14.1. The number of thiazole rings is 1. The predicted octanol–water partition coefficient (Wildman–Crippen LogP) is 5.16. The third-order valence-electron chi connectivity index (χ3n) is 4.21. The van der Waals surface area contributed by atoms with Crippen molar-refractivity contribution in [2.75, 3.05) is 11.9 Å². The van der Waals surface area contributed by atoms with Crippen LogP contribution < -0.4 is 5.32 Å². The second kappa shape index (κ2) is 8.10. The lowest BCUT2D eigenvalue weighted by Crippen LogP contribution is -2.13. The van der Waals surface area contributed by atoms with Crippen LogP contribution in [0, 0.1) is 6.92 Å². The van der Waals surface area contributed by atoms with Crippen LogP contribution in [-0.2, 0) is 4.74 Å². The monoisotopic (exact) mass is 423 g/mol. The number of fused-ring (bicyclic) bond motifs is 1. The number of hydrogen-bond acceptors (Lipinski definition) is 7. The van der Waals surface area contributed by atoms with E-state index in [-0.39, 0.29) is 12.5 Å². The highest BCUT2D eigenvalue weighted by atomic mass is 32.1. The Morgan fingerprint density at radius 1 is 1.14 bits per heavy atom. The number of aromatic nitrogens is 2. The molecule has 0 saturated heterocycles. The lowest BCUT2D eigenvalue weighted by atomic mass is 10.1. The Balaban J connectivity index is 1.70. The summed E-state index contributed by atoms with van der Waals surface area (Å²) in [5, 5.41) is 5.90. The van der Waals surface area contributed by atoms with Crippen molar-refractivity contribution in [2.45, 2.75) is 13.8 Å². The normalized spacial score (nSPS) is 10.8. The number of pyridine rings is 1. The molecule has 146 valence electrons. The molecule has 4 aromatic rings. The van der Waals surface area contributed by atoms with Crippen molar-refractivity contribution in [1.82, 2.24) is 9.97 Å². The number of nitrogens with one attached hydrogen (secondary N) is 1. The molecule has 1 N–H and O–H groups in total. The maximum absolute atomic E-state index is 13.1. The van der Waals surface area contributed by atoms with Gasteiger partial charge in [0.1, 0.15) is 4.88 Å². The minimum atomic E-state index is -0.433. The highest BCUT2D eigenvalue weighted by Gasteiger charge is 2.20. The van der Waals surface area contributed by atoms with Crippen LogP contribution in [0.1, 0.15) is 32.6 Å². The molecule has 6 nitrogen and oxygen atoms in total. The van der Waals surface area contributed by atoms with Gasteiger partial charge in [0, 0.05) is 5.39 Å². The average Bonchev–Trinajstić information content (AvgIpc) is 3.37. The smallest absolute Gasteiger partial charge is 0.350 e. The van der Waals surface area contributed by atoms with Crippen LogP contribution in [0.25, 0.3) is 21.5 Å². The van der Waals surface area contributed by atoms with Gasteiger partial charge in [0.25, 0.3) is 5.91 Å². The molecule has 1 amide bonds. The molecule has 0 aliphatic rings. The van der Waals surface area contributed by atoms with Gasteiger partial charge >= 0.3 is 5.97 Å². The van der Waals surface area contributed by atoms with Crippen LogP contribution in [-0.4, -0.2) is 28.5 Å². The van der Waals surface area contributed by atoms with Gasteiger partial charge in [0.15, 0.2) is 5.13 Å². The molecular weight excluding hydrogens is 406 g/mol. The lowest BCUT2D eigenvalue weighted by Gasteiger charge is -2.08. The molecular formula is C21H17N3O3S2. The van der Waals surface area contributed by atoms with E-state index in [1.165, 1.54) is 0 Å². The zero-order valence-electron chi connectivity index (χ0n) is 15.8. The van der Waals surface area contributed by atoms with Crippen LogP contribution >= 0.6 is 22.7 Å². The van der Waals surface area contributed by atoms with Gasteiger partial charge in [0.2, 0.25) is 0 Å². The number of carbonyl (C=O) groups is 2. The van der Waals surface area contributed by atoms with Crippen LogP contribution in [0.5, 0.6) is 0 Å². The first-order valence-corrected chi connectivity index (χ1v) is 10.7. The summed E-state index contributed by atoms with van der Waals surface area (Å²) in [6, 6.07) is 13.2. The molecule has 0 atom stereocenters. The van der Waals surface area contributed by atoms with Gasteiger partial charge in [0.05, 0.1) is 34.0 Å². The third-order valence-corrected chi connectivity index (χ3v) is 6.16. The zero-order chi connectivity index (χ0) is 20.4. The number of hydrogen-bond donors (Lipinski definition) is 1. The minimum absolute atomic E-state index is 0.284. The number of anilines is 1. The lowest BCUT2D eigenvalue weighted by molar-refractivity contribution is 0.0531. The van der Waals surface area contributed by atoms with Crippen molar-refractivity contribution in [1.29, 1.82) is 0 Å². The fourth-order valence-corrected chi connectivity index (χ4v) is 4.46. The summed E-state index contributed by atoms with van der Waals surface area (Å²) in [6.07, 6.45) is 0. The van der Waals surface area contributed by atoms with Gasteiger partial charge in [-0.1, -0.05) is 35.6 Å². The fourth-order valence-electron chi connectivity index (χ4n) is 2.91. The summed E-state index contributed by atoms with van der Waals surface area (Å²) >= 11 is 2.67. The number of benzene rings is 1. The highest BCUT2D eigenvalue weighted by molar-refractivity contribution is 7.17. The van der Waals surface area contributed by atoms with Crippen molar-refractivity contribution in [3.63, 3.8) is 0 Å². The summed E-state index contributed by atoms with van der Waals surface area (Å²) in [5.74, 6) is -0.733. The van der Waals surface area contributed by atoms with E-state index in [0.29, 0.717) is 21.3 Å². The van der Waals surface area contributed by atoms with Crippen molar-refractivity contribution < 1.29 is 14.3 Å². The van der Waals surface area contributed by atoms with Crippen molar-refractivity contribution in [2.24, 2.45) is 0 Å². The van der Waals surface area contributed by atoms with Crippen LogP contribution in [0.2, 0.25) is 0 Å². The van der Waals surface area contributed by atoms with Gasteiger partial charge in [-0.25, -0.2) is 14.8 Å². The number of ether oxygens (including phenoxy) is 1. The van der Waals surface area contributed by atoms with Crippen LogP contribution in [0.3, 0.4) is 0 Å². The van der Waals surface area contributed by atoms with Crippen molar-refractivity contribution >= 4 is 50.6 Å². The minimum Gasteiger partial charge on any atom is -0.462 e. The maximum Gasteiger partial charge on any atom is 0.350 e. The predicted molar refractivity (Wildman–Crippen MR) is 116 cm³/mol. The molecule has 29 heavy (non-hydrogen) atoms. The number of thiophene rings is 1. The molecule has 0 saturated carbocycles. The molecule has 0 spiro atoms. The van der Waals surface area contributed by atoms with E-state index >= 15 is 0 Å². The SMILES string of the molecule is CCOC(=O)c1sc(NC(=O)c2cc(-c3cccs3)nc3ccccc23)nc1C. The fraction of sp³-hybridized carbons (Fsp3) is 0.143. The Bertz CT molecular complexity index is 1200. The highest BCUT2D eigenvalue weighted by Crippen LogP contribution is 2.29. The topological polar surface area (TPSA) is 81.2 Å². The van der Waals surface area contributed by atoms with E-state index < -0.39 is 5.97 Å². The van der Waals surface area contributed by atoms with Crippen LogP contribution in [0.4, 0.5) is 5.13 Å². The number of nitrogens with zero attached hydrogens (tertiary/aromatic N) is 2. The number of aryl methyl sites for hydroxylation is 1. The van der Waals surface area contributed by atoms with E-state index in [9.17, 15) is 9.59 Å². The second-order valence-electron chi connectivity index (χ2n) is 6.16. The van der Waals surface area contributed by atoms with Crippen LogP contribution in [0.15, 0.2) is 47.8 Å². The molecule has 3 aromatic heterocycles. The molecule has 4 rings (SSSR count). The average molecular weight is 424 g/mol. The molecule has 0 bridgehead atoms. The molecule has 0 aliphatic heterocycles. The largest absolute Gasteiger partial charge is 0.462 e. The van der Waals surface area contributed by atoms with E-state index in [2.05, 4.69) is 15.3 Å². The number of esters is 1. The summed E-state index contributed by atoms with van der Waals surface area (Å²) in [4.78, 5) is 35.5. The number of rotatable bonds is 5. The summed E-state index contributed by atoms with van der Waals surface area (Å²) in [5.41, 5.74) is 2.52. The molecule has 8 heteroatoms. The Morgan fingerprint density at radius 2 is 1.97 bits per heavy atom. The number of amides is 1. The summed E-state index contributed by atoms with van der Waals surface area (Å²) in [7, 11) is 0.